The van der Waals surface area contributed by atoms with Crippen molar-refractivity contribution < 1.29 is 9.47 Å². The Hall–Kier alpha value is -1.89. The predicted octanol–water partition coefficient (Wildman–Crippen LogP) is -0.287. The molecule has 0 amide bonds. The molecular weight excluding hydrogens is 198 g/mol. The predicted molar refractivity (Wildman–Crippen MR) is 51.3 cm³/mol. The van der Waals surface area contributed by atoms with Crippen molar-refractivity contribution in [3.63, 3.8) is 0 Å². The number of ether oxygens (including phenoxy) is 2. The molecule has 1 aliphatic rings. The molecule has 0 spiro atoms. The van der Waals surface area contributed by atoms with Gasteiger partial charge in [-0.05, 0) is 0 Å². The van der Waals surface area contributed by atoms with E-state index in [0.717, 1.165) is 5.39 Å². The number of fused-ring (bicyclic) bond motifs is 1. The number of nitrogens with two attached hydrogens (primary N) is 1. The summed E-state index contributed by atoms with van der Waals surface area (Å²) in [5.74, 6) is 0.626. The molecule has 7 nitrogen and oxygen atoms in total. The molecule has 0 atom stereocenters. The topological polar surface area (TPSA) is 98.9 Å². The summed E-state index contributed by atoms with van der Waals surface area (Å²) in [5.41, 5.74) is 6.12. The molecular formula is C8H9N5O2. The minimum atomic E-state index is 0.0531. The van der Waals surface area contributed by atoms with Crippen molar-refractivity contribution >= 4 is 17.0 Å². The van der Waals surface area contributed by atoms with Crippen molar-refractivity contribution in [3.05, 3.63) is 6.20 Å². The second-order valence-corrected chi connectivity index (χ2v) is 3.30. The van der Waals surface area contributed by atoms with Gasteiger partial charge in [0.2, 0.25) is 11.8 Å². The van der Waals surface area contributed by atoms with Gasteiger partial charge in [-0.2, -0.15) is 15.1 Å². The number of nitrogen functional groups attached to an aromatic ring is 1. The van der Waals surface area contributed by atoms with Crippen LogP contribution in [0.25, 0.3) is 11.0 Å². The molecule has 0 aliphatic carbocycles. The Kier molecular flexibility index (Phi) is 1.72. The zero-order valence-corrected chi connectivity index (χ0v) is 7.80. The van der Waals surface area contributed by atoms with Gasteiger partial charge in [0, 0.05) is 0 Å². The van der Waals surface area contributed by atoms with E-state index in [1.807, 2.05) is 0 Å². The standard InChI is InChI=1S/C8H9N5O2/c9-8-11-6-5(1-10-13-6)7(12-8)15-4-2-14-3-4/h1,4H,2-3H2,(H3,9,10,11,12,13). The van der Waals surface area contributed by atoms with Crippen molar-refractivity contribution in [1.29, 1.82) is 0 Å². The van der Waals surface area contributed by atoms with Gasteiger partial charge in [-0.15, -0.1) is 0 Å². The molecule has 0 bridgehead atoms. The van der Waals surface area contributed by atoms with Crippen molar-refractivity contribution in [1.82, 2.24) is 20.2 Å². The molecule has 3 heterocycles. The van der Waals surface area contributed by atoms with Crippen LogP contribution in [0.5, 0.6) is 5.88 Å². The first-order valence-corrected chi connectivity index (χ1v) is 4.54. The summed E-state index contributed by atoms with van der Waals surface area (Å²) >= 11 is 0. The van der Waals surface area contributed by atoms with Crippen LogP contribution in [-0.2, 0) is 4.74 Å². The van der Waals surface area contributed by atoms with Crippen LogP contribution in [0, 0.1) is 0 Å². The largest absolute Gasteiger partial charge is 0.469 e. The molecule has 7 heteroatoms. The molecule has 1 fully saturated rings. The number of aromatic amines is 1. The lowest BCUT2D eigenvalue weighted by Crippen LogP contribution is -2.38. The number of anilines is 1. The Labute approximate surface area is 84.6 Å². The third-order valence-electron chi connectivity index (χ3n) is 2.18. The molecule has 1 saturated heterocycles. The highest BCUT2D eigenvalue weighted by Crippen LogP contribution is 2.23. The Bertz CT molecular complexity index is 493. The third-order valence-corrected chi connectivity index (χ3v) is 2.18. The number of H-pyrrole nitrogens is 1. The number of hydrogen-bond acceptors (Lipinski definition) is 6. The maximum absolute atomic E-state index is 5.59. The quantitative estimate of drug-likeness (QED) is 0.702. The van der Waals surface area contributed by atoms with E-state index in [1.54, 1.807) is 6.20 Å². The smallest absolute Gasteiger partial charge is 0.230 e. The van der Waals surface area contributed by atoms with E-state index in [1.165, 1.54) is 0 Å². The van der Waals surface area contributed by atoms with Crippen LogP contribution >= 0.6 is 0 Å². The van der Waals surface area contributed by atoms with Gasteiger partial charge in [-0.1, -0.05) is 0 Å². The van der Waals surface area contributed by atoms with E-state index in [0.29, 0.717) is 24.7 Å². The van der Waals surface area contributed by atoms with Gasteiger partial charge in [0.15, 0.2) is 5.65 Å². The average Bonchev–Trinajstić information content (AvgIpc) is 2.58. The lowest BCUT2D eigenvalue weighted by Gasteiger charge is -2.26. The fraction of sp³-hybridized carbons (Fsp3) is 0.375. The average molecular weight is 207 g/mol. The maximum Gasteiger partial charge on any atom is 0.230 e. The zero-order chi connectivity index (χ0) is 10.3. The van der Waals surface area contributed by atoms with Crippen molar-refractivity contribution in [2.45, 2.75) is 6.10 Å². The van der Waals surface area contributed by atoms with Crippen molar-refractivity contribution in [3.8, 4) is 5.88 Å². The first-order valence-electron chi connectivity index (χ1n) is 4.54. The second-order valence-electron chi connectivity index (χ2n) is 3.30. The molecule has 3 rings (SSSR count). The highest BCUT2D eigenvalue weighted by atomic mass is 16.6. The molecule has 0 unspecified atom stereocenters. The fourth-order valence-corrected chi connectivity index (χ4v) is 1.35. The molecule has 3 N–H and O–H groups in total. The van der Waals surface area contributed by atoms with Gasteiger partial charge in [-0.3, -0.25) is 5.10 Å². The Morgan fingerprint density at radius 3 is 3.07 bits per heavy atom. The summed E-state index contributed by atoms with van der Waals surface area (Å²) in [4.78, 5) is 8.01. The summed E-state index contributed by atoms with van der Waals surface area (Å²) in [5, 5.41) is 7.31. The van der Waals surface area contributed by atoms with Crippen molar-refractivity contribution in [2.24, 2.45) is 0 Å². The van der Waals surface area contributed by atoms with E-state index in [9.17, 15) is 0 Å². The number of nitrogens with zero attached hydrogens (tertiary/aromatic N) is 3. The SMILES string of the molecule is Nc1nc(OC2COC2)c2cn[nH]c2n1. The lowest BCUT2D eigenvalue weighted by atomic mass is 10.3. The zero-order valence-electron chi connectivity index (χ0n) is 7.80. The molecule has 15 heavy (non-hydrogen) atoms. The fourth-order valence-electron chi connectivity index (χ4n) is 1.35. The minimum absolute atomic E-state index is 0.0531. The van der Waals surface area contributed by atoms with E-state index >= 15 is 0 Å². The molecule has 2 aromatic rings. The third kappa shape index (κ3) is 1.37. The molecule has 0 radical (unpaired) electrons. The van der Waals surface area contributed by atoms with Gasteiger partial charge in [0.25, 0.3) is 0 Å². The number of hydrogen-bond donors (Lipinski definition) is 2. The van der Waals surface area contributed by atoms with E-state index in [2.05, 4.69) is 20.2 Å². The van der Waals surface area contributed by atoms with Crippen LogP contribution in [0.1, 0.15) is 0 Å². The Morgan fingerprint density at radius 1 is 1.47 bits per heavy atom. The van der Waals surface area contributed by atoms with Gasteiger partial charge < -0.3 is 15.2 Å². The first kappa shape index (κ1) is 8.42. The number of nitrogens with one attached hydrogen (secondary N) is 1. The highest BCUT2D eigenvalue weighted by molar-refractivity contribution is 5.80. The number of aromatic nitrogens is 4. The minimum Gasteiger partial charge on any atom is -0.469 e. The normalized spacial score (nSPS) is 16.5. The van der Waals surface area contributed by atoms with E-state index in [-0.39, 0.29) is 12.1 Å². The van der Waals surface area contributed by atoms with Gasteiger partial charge in [0.1, 0.15) is 11.5 Å². The monoisotopic (exact) mass is 207 g/mol. The first-order chi connectivity index (χ1) is 7.33. The summed E-state index contributed by atoms with van der Waals surface area (Å²) < 4.78 is 10.6. The lowest BCUT2D eigenvalue weighted by molar-refractivity contribution is -0.0806. The van der Waals surface area contributed by atoms with Crippen LogP contribution in [-0.4, -0.2) is 39.5 Å². The summed E-state index contributed by atoms with van der Waals surface area (Å²) in [7, 11) is 0. The van der Waals surface area contributed by atoms with Gasteiger partial charge in [-0.25, -0.2) is 0 Å². The van der Waals surface area contributed by atoms with Gasteiger partial charge >= 0.3 is 0 Å². The van der Waals surface area contributed by atoms with Crippen LogP contribution in [0.15, 0.2) is 6.20 Å². The summed E-state index contributed by atoms with van der Waals surface area (Å²) in [6.07, 6.45) is 1.67. The van der Waals surface area contributed by atoms with Crippen molar-refractivity contribution in [2.75, 3.05) is 18.9 Å². The maximum atomic E-state index is 5.59. The molecule has 0 aromatic carbocycles. The van der Waals surface area contributed by atoms with Gasteiger partial charge in [0.05, 0.1) is 19.4 Å². The molecule has 0 saturated carbocycles. The molecule has 1 aliphatic heterocycles. The van der Waals surface area contributed by atoms with E-state index in [4.69, 9.17) is 15.2 Å². The molecule has 2 aromatic heterocycles. The van der Waals surface area contributed by atoms with Crippen LogP contribution in [0.2, 0.25) is 0 Å². The Balaban J connectivity index is 2.02. The van der Waals surface area contributed by atoms with Crippen LogP contribution in [0.3, 0.4) is 0 Å². The summed E-state index contributed by atoms with van der Waals surface area (Å²) in [6.45, 7) is 1.17. The van der Waals surface area contributed by atoms with Crippen LogP contribution in [0.4, 0.5) is 5.95 Å². The molecule has 78 valence electrons. The highest BCUT2D eigenvalue weighted by Gasteiger charge is 2.22. The number of rotatable bonds is 2. The Morgan fingerprint density at radius 2 is 2.33 bits per heavy atom. The summed E-state index contributed by atoms with van der Waals surface area (Å²) in [6, 6.07) is 0. The van der Waals surface area contributed by atoms with E-state index < -0.39 is 0 Å². The second kappa shape index (κ2) is 3.06. The van der Waals surface area contributed by atoms with Crippen LogP contribution < -0.4 is 10.5 Å².